The molecule has 0 fully saturated rings. The molecule has 19 heavy (non-hydrogen) atoms. The molecule has 1 heterocycles. The predicted molar refractivity (Wildman–Crippen MR) is 73.8 cm³/mol. The van der Waals surface area contributed by atoms with Crippen molar-refractivity contribution in [2.24, 2.45) is 5.92 Å². The fourth-order valence-corrected chi connectivity index (χ4v) is 2.02. The van der Waals surface area contributed by atoms with Crippen LogP contribution >= 0.6 is 0 Å². The summed E-state index contributed by atoms with van der Waals surface area (Å²) in [5, 5.41) is 13.1. The molecule has 0 spiro atoms. The average molecular weight is 258 g/mol. The number of benzene rings is 1. The second-order valence-corrected chi connectivity index (χ2v) is 5.12. The van der Waals surface area contributed by atoms with E-state index in [1.165, 1.54) is 0 Å². The Bertz CT molecular complexity index is 573. The molecule has 2 rings (SSSR count). The molecule has 4 nitrogen and oxygen atoms in total. The fraction of sp³-hybridized carbons (Fsp3) is 0.333. The Labute approximate surface area is 112 Å². The van der Waals surface area contributed by atoms with Crippen LogP contribution in [-0.2, 0) is 17.8 Å². The van der Waals surface area contributed by atoms with Gasteiger partial charge in [0, 0.05) is 18.3 Å². The van der Waals surface area contributed by atoms with Crippen molar-refractivity contribution in [3.8, 4) is 11.1 Å². The van der Waals surface area contributed by atoms with Crippen LogP contribution in [0.1, 0.15) is 19.4 Å². The van der Waals surface area contributed by atoms with Crippen LogP contribution in [-0.4, -0.2) is 20.9 Å². The molecule has 1 N–H and O–H groups in total. The number of nitrogens with zero attached hydrogens (tertiary/aromatic N) is 2. The number of carbonyl (C=O) groups is 1. The van der Waals surface area contributed by atoms with E-state index in [1.807, 2.05) is 41.3 Å². The van der Waals surface area contributed by atoms with E-state index in [2.05, 4.69) is 18.9 Å². The zero-order chi connectivity index (χ0) is 13.8. The molecular formula is C15H18N2O2. The van der Waals surface area contributed by atoms with E-state index in [1.54, 1.807) is 0 Å². The van der Waals surface area contributed by atoms with Gasteiger partial charge in [-0.2, -0.15) is 5.10 Å². The summed E-state index contributed by atoms with van der Waals surface area (Å²) in [5.41, 5.74) is 2.84. The van der Waals surface area contributed by atoms with E-state index in [4.69, 9.17) is 5.11 Å². The molecule has 0 aliphatic rings. The first-order chi connectivity index (χ1) is 9.04. The predicted octanol–water partition coefficient (Wildman–Crippen LogP) is 2.83. The molecule has 2 aromatic rings. The Morgan fingerprint density at radius 3 is 2.84 bits per heavy atom. The van der Waals surface area contributed by atoms with Gasteiger partial charge in [-0.1, -0.05) is 38.1 Å². The molecule has 100 valence electrons. The number of aliphatic carboxylic acids is 1. The van der Waals surface area contributed by atoms with Crippen molar-refractivity contribution in [1.82, 2.24) is 9.78 Å². The van der Waals surface area contributed by atoms with Crippen molar-refractivity contribution in [1.29, 1.82) is 0 Å². The van der Waals surface area contributed by atoms with E-state index in [9.17, 15) is 4.79 Å². The molecule has 1 aromatic heterocycles. The summed E-state index contributed by atoms with van der Waals surface area (Å²) in [5.74, 6) is -0.265. The number of rotatable bonds is 5. The van der Waals surface area contributed by atoms with Gasteiger partial charge >= 0.3 is 5.97 Å². The van der Waals surface area contributed by atoms with Crippen LogP contribution in [0.3, 0.4) is 0 Å². The number of hydrogen-bond acceptors (Lipinski definition) is 2. The molecule has 0 saturated carbocycles. The Balaban J connectivity index is 2.21. The highest BCUT2D eigenvalue weighted by Crippen LogP contribution is 2.20. The summed E-state index contributed by atoms with van der Waals surface area (Å²) in [6.45, 7) is 5.18. The van der Waals surface area contributed by atoms with Crippen LogP contribution in [0.4, 0.5) is 0 Å². The third-order valence-corrected chi connectivity index (χ3v) is 2.80. The topological polar surface area (TPSA) is 55.1 Å². The van der Waals surface area contributed by atoms with E-state index in [-0.39, 0.29) is 6.42 Å². The zero-order valence-electron chi connectivity index (χ0n) is 11.2. The minimum absolute atomic E-state index is 0.0496. The summed E-state index contributed by atoms with van der Waals surface area (Å²) in [7, 11) is 0. The SMILES string of the molecule is CC(C)Cn1cc(-c2cccc(CC(=O)O)c2)cn1. The average Bonchev–Trinajstić information content (AvgIpc) is 2.76. The number of aromatic nitrogens is 2. The van der Waals surface area contributed by atoms with Crippen LogP contribution < -0.4 is 0 Å². The quantitative estimate of drug-likeness (QED) is 0.897. The molecule has 0 bridgehead atoms. The van der Waals surface area contributed by atoms with Gasteiger partial charge in [0.05, 0.1) is 12.6 Å². The van der Waals surface area contributed by atoms with Crippen molar-refractivity contribution in [3.63, 3.8) is 0 Å². The molecule has 0 radical (unpaired) electrons. The normalized spacial score (nSPS) is 10.9. The number of hydrogen-bond donors (Lipinski definition) is 1. The highest BCUT2D eigenvalue weighted by Gasteiger charge is 2.06. The molecular weight excluding hydrogens is 240 g/mol. The summed E-state index contributed by atoms with van der Waals surface area (Å²) in [4.78, 5) is 10.7. The summed E-state index contributed by atoms with van der Waals surface area (Å²) in [6, 6.07) is 7.59. The van der Waals surface area contributed by atoms with Crippen LogP contribution in [0.5, 0.6) is 0 Å². The van der Waals surface area contributed by atoms with Gasteiger partial charge in [0.15, 0.2) is 0 Å². The minimum Gasteiger partial charge on any atom is -0.481 e. The van der Waals surface area contributed by atoms with Crippen molar-refractivity contribution in [2.75, 3.05) is 0 Å². The highest BCUT2D eigenvalue weighted by molar-refractivity contribution is 5.71. The molecule has 0 saturated heterocycles. The third-order valence-electron chi connectivity index (χ3n) is 2.80. The maximum Gasteiger partial charge on any atom is 0.307 e. The maximum atomic E-state index is 10.7. The highest BCUT2D eigenvalue weighted by atomic mass is 16.4. The minimum atomic E-state index is -0.812. The van der Waals surface area contributed by atoms with Crippen molar-refractivity contribution < 1.29 is 9.90 Å². The van der Waals surface area contributed by atoms with Crippen LogP contribution in [0, 0.1) is 5.92 Å². The molecule has 1 aromatic carbocycles. The first-order valence-corrected chi connectivity index (χ1v) is 6.38. The molecule has 4 heteroatoms. The van der Waals surface area contributed by atoms with E-state index in [0.717, 1.165) is 23.2 Å². The fourth-order valence-electron chi connectivity index (χ4n) is 2.02. The first kappa shape index (κ1) is 13.3. The lowest BCUT2D eigenvalue weighted by Crippen LogP contribution is -2.04. The Morgan fingerprint density at radius 1 is 1.37 bits per heavy atom. The zero-order valence-corrected chi connectivity index (χ0v) is 11.2. The standard InChI is InChI=1S/C15H18N2O2/c1-11(2)9-17-10-14(8-16-17)13-5-3-4-12(6-13)7-15(18)19/h3-6,8,10-11H,7,9H2,1-2H3,(H,18,19). The van der Waals surface area contributed by atoms with Crippen molar-refractivity contribution in [3.05, 3.63) is 42.2 Å². The second kappa shape index (κ2) is 5.69. The summed E-state index contributed by atoms with van der Waals surface area (Å²) < 4.78 is 1.92. The van der Waals surface area contributed by atoms with E-state index >= 15 is 0 Å². The largest absolute Gasteiger partial charge is 0.481 e. The van der Waals surface area contributed by atoms with Gasteiger partial charge in [-0.25, -0.2) is 0 Å². The lowest BCUT2D eigenvalue weighted by atomic mass is 10.0. The van der Waals surface area contributed by atoms with Gasteiger partial charge in [0.25, 0.3) is 0 Å². The number of carboxylic acids is 1. The van der Waals surface area contributed by atoms with E-state index in [0.29, 0.717) is 5.92 Å². The lowest BCUT2D eigenvalue weighted by Gasteiger charge is -2.04. The molecule has 0 aliphatic heterocycles. The van der Waals surface area contributed by atoms with Crippen molar-refractivity contribution >= 4 is 5.97 Å². The monoisotopic (exact) mass is 258 g/mol. The van der Waals surface area contributed by atoms with Crippen LogP contribution in [0.25, 0.3) is 11.1 Å². The smallest absolute Gasteiger partial charge is 0.307 e. The van der Waals surface area contributed by atoms with Gasteiger partial charge in [-0.15, -0.1) is 0 Å². The van der Waals surface area contributed by atoms with Gasteiger partial charge in [0.2, 0.25) is 0 Å². The Kier molecular flexibility index (Phi) is 4.00. The Hall–Kier alpha value is -2.10. The van der Waals surface area contributed by atoms with Gasteiger partial charge in [-0.3, -0.25) is 9.48 Å². The lowest BCUT2D eigenvalue weighted by molar-refractivity contribution is -0.136. The van der Waals surface area contributed by atoms with Crippen molar-refractivity contribution in [2.45, 2.75) is 26.8 Å². The Morgan fingerprint density at radius 2 is 2.16 bits per heavy atom. The van der Waals surface area contributed by atoms with E-state index < -0.39 is 5.97 Å². The molecule has 0 amide bonds. The summed E-state index contributed by atoms with van der Waals surface area (Å²) in [6.07, 6.45) is 3.87. The molecule has 0 aliphatic carbocycles. The van der Waals surface area contributed by atoms with Gasteiger partial charge in [0.1, 0.15) is 0 Å². The second-order valence-electron chi connectivity index (χ2n) is 5.12. The van der Waals surface area contributed by atoms with Gasteiger partial charge in [-0.05, 0) is 17.0 Å². The van der Waals surface area contributed by atoms with Crippen LogP contribution in [0.2, 0.25) is 0 Å². The summed E-state index contributed by atoms with van der Waals surface area (Å²) >= 11 is 0. The van der Waals surface area contributed by atoms with Crippen LogP contribution in [0.15, 0.2) is 36.7 Å². The first-order valence-electron chi connectivity index (χ1n) is 6.38. The number of carboxylic acid groups (broad SMARTS) is 1. The third kappa shape index (κ3) is 3.68. The van der Waals surface area contributed by atoms with Gasteiger partial charge < -0.3 is 5.11 Å². The molecule has 0 atom stereocenters. The molecule has 0 unspecified atom stereocenters. The maximum absolute atomic E-state index is 10.7.